The molecule has 0 aliphatic rings. The normalized spacial score (nSPS) is 11.6. The molecule has 16 heavy (non-hydrogen) atoms. The fourth-order valence-corrected chi connectivity index (χ4v) is 1.15. The minimum atomic E-state index is -0.772. The lowest BCUT2D eigenvalue weighted by Crippen LogP contribution is -2.33. The quantitative estimate of drug-likeness (QED) is 0.613. The third kappa shape index (κ3) is 2.69. The topological polar surface area (TPSA) is 81.5 Å². The summed E-state index contributed by atoms with van der Waals surface area (Å²) in [6, 6.07) is 5.93. The maximum atomic E-state index is 11.2. The molecule has 0 heterocycles. The monoisotopic (exact) mass is 224 g/mol. The van der Waals surface area contributed by atoms with Gasteiger partial charge in [0.25, 0.3) is 5.91 Å². The summed E-state index contributed by atoms with van der Waals surface area (Å²) in [6.07, 6.45) is -0.772. The molecule has 0 unspecified atom stereocenters. The molecule has 86 valence electrons. The molecular formula is C10H12N2O4. The smallest absolute Gasteiger partial charge is 0.310 e. The summed E-state index contributed by atoms with van der Waals surface area (Å²) in [5.41, 5.74) is -0.154. The van der Waals surface area contributed by atoms with E-state index in [1.165, 1.54) is 32.2 Å². The number of carbonyl (C=O) groups excluding carboxylic acids is 1. The number of rotatable bonds is 4. The Bertz CT molecular complexity index is 406. The molecule has 1 aromatic rings. The lowest BCUT2D eigenvalue weighted by atomic mass is 10.3. The Morgan fingerprint density at radius 1 is 1.50 bits per heavy atom. The van der Waals surface area contributed by atoms with Gasteiger partial charge in [-0.2, -0.15) is 0 Å². The van der Waals surface area contributed by atoms with Gasteiger partial charge >= 0.3 is 5.69 Å². The van der Waals surface area contributed by atoms with Gasteiger partial charge in [0.1, 0.15) is 0 Å². The number of benzene rings is 1. The molecule has 6 nitrogen and oxygen atoms in total. The summed E-state index contributed by atoms with van der Waals surface area (Å²) in [5, 5.41) is 13.1. The second-order valence-electron chi connectivity index (χ2n) is 3.10. The summed E-state index contributed by atoms with van der Waals surface area (Å²) in [6.45, 7) is 1.52. The van der Waals surface area contributed by atoms with Crippen LogP contribution in [-0.4, -0.2) is 24.0 Å². The van der Waals surface area contributed by atoms with Gasteiger partial charge in [-0.3, -0.25) is 14.9 Å². The van der Waals surface area contributed by atoms with Crippen molar-refractivity contribution in [1.29, 1.82) is 0 Å². The van der Waals surface area contributed by atoms with Crippen LogP contribution in [-0.2, 0) is 4.79 Å². The van der Waals surface area contributed by atoms with E-state index in [4.69, 9.17) is 4.74 Å². The maximum absolute atomic E-state index is 11.2. The van der Waals surface area contributed by atoms with E-state index in [9.17, 15) is 14.9 Å². The van der Waals surface area contributed by atoms with E-state index in [-0.39, 0.29) is 17.3 Å². The van der Waals surface area contributed by atoms with Crippen LogP contribution in [0.1, 0.15) is 6.92 Å². The number of para-hydroxylation sites is 2. The highest BCUT2D eigenvalue weighted by molar-refractivity contribution is 5.80. The average Bonchev–Trinajstić information content (AvgIpc) is 2.28. The maximum Gasteiger partial charge on any atom is 0.310 e. The first-order valence-electron chi connectivity index (χ1n) is 4.68. The predicted octanol–water partition coefficient (Wildman–Crippen LogP) is 1.11. The molecule has 0 saturated carbocycles. The first-order chi connectivity index (χ1) is 7.56. The van der Waals surface area contributed by atoms with Crippen LogP contribution in [0.25, 0.3) is 0 Å². The summed E-state index contributed by atoms with van der Waals surface area (Å²) < 4.78 is 5.21. The number of hydrogen-bond donors (Lipinski definition) is 1. The van der Waals surface area contributed by atoms with E-state index < -0.39 is 11.0 Å². The van der Waals surface area contributed by atoms with Gasteiger partial charge in [-0.25, -0.2) is 0 Å². The van der Waals surface area contributed by atoms with Gasteiger partial charge in [0, 0.05) is 13.1 Å². The van der Waals surface area contributed by atoms with Crippen molar-refractivity contribution in [2.24, 2.45) is 0 Å². The van der Waals surface area contributed by atoms with Crippen molar-refractivity contribution in [3.63, 3.8) is 0 Å². The van der Waals surface area contributed by atoms with Crippen molar-refractivity contribution >= 4 is 11.6 Å². The molecule has 0 saturated heterocycles. The highest BCUT2D eigenvalue weighted by atomic mass is 16.6. The van der Waals surface area contributed by atoms with E-state index in [1.807, 2.05) is 0 Å². The number of nitro benzene ring substituents is 1. The van der Waals surface area contributed by atoms with Crippen molar-refractivity contribution in [3.05, 3.63) is 34.4 Å². The lowest BCUT2D eigenvalue weighted by molar-refractivity contribution is -0.386. The van der Waals surface area contributed by atoms with Gasteiger partial charge < -0.3 is 10.1 Å². The van der Waals surface area contributed by atoms with Crippen LogP contribution < -0.4 is 10.1 Å². The Balaban J connectivity index is 2.88. The van der Waals surface area contributed by atoms with Crippen molar-refractivity contribution < 1.29 is 14.5 Å². The van der Waals surface area contributed by atoms with Gasteiger partial charge in [0.15, 0.2) is 11.9 Å². The number of nitrogens with one attached hydrogen (secondary N) is 1. The van der Waals surface area contributed by atoms with E-state index in [0.717, 1.165) is 0 Å². The van der Waals surface area contributed by atoms with Crippen LogP contribution in [0.2, 0.25) is 0 Å². The fraction of sp³-hybridized carbons (Fsp3) is 0.300. The predicted molar refractivity (Wildman–Crippen MR) is 57.3 cm³/mol. The van der Waals surface area contributed by atoms with Crippen molar-refractivity contribution in [3.8, 4) is 5.75 Å². The zero-order valence-corrected chi connectivity index (χ0v) is 8.97. The SMILES string of the molecule is CNC(=O)[C@H](C)Oc1ccccc1[N+](=O)[O-]. The van der Waals surface area contributed by atoms with Gasteiger partial charge in [-0.1, -0.05) is 12.1 Å². The molecule has 0 radical (unpaired) electrons. The number of likely N-dealkylation sites (N-methyl/N-ethyl adjacent to an activating group) is 1. The Kier molecular flexibility index (Phi) is 3.82. The van der Waals surface area contributed by atoms with Gasteiger partial charge in [-0.15, -0.1) is 0 Å². The van der Waals surface area contributed by atoms with Crippen LogP contribution in [0, 0.1) is 10.1 Å². The molecule has 0 aliphatic heterocycles. The van der Waals surface area contributed by atoms with E-state index in [1.54, 1.807) is 6.07 Å². The number of nitro groups is 1. The summed E-state index contributed by atoms with van der Waals surface area (Å²) in [5.74, 6) is -0.248. The number of ether oxygens (including phenoxy) is 1. The molecule has 1 atom stereocenters. The molecule has 0 spiro atoms. The second-order valence-corrected chi connectivity index (χ2v) is 3.10. The molecule has 0 bridgehead atoms. The third-order valence-corrected chi connectivity index (χ3v) is 1.98. The number of hydrogen-bond acceptors (Lipinski definition) is 4. The van der Waals surface area contributed by atoms with E-state index in [2.05, 4.69) is 5.32 Å². The molecule has 1 N–H and O–H groups in total. The zero-order valence-electron chi connectivity index (χ0n) is 8.97. The van der Waals surface area contributed by atoms with Gasteiger partial charge in [0.05, 0.1) is 4.92 Å². The summed E-state index contributed by atoms with van der Waals surface area (Å²) >= 11 is 0. The largest absolute Gasteiger partial charge is 0.474 e. The standard InChI is InChI=1S/C10H12N2O4/c1-7(10(13)11-2)16-9-6-4-3-5-8(9)12(14)15/h3-7H,1-2H3,(H,11,13)/t7-/m0/s1. The Hall–Kier alpha value is -2.11. The van der Waals surface area contributed by atoms with E-state index >= 15 is 0 Å². The van der Waals surface area contributed by atoms with Gasteiger partial charge in [-0.05, 0) is 13.0 Å². The van der Waals surface area contributed by atoms with Crippen LogP contribution in [0.5, 0.6) is 5.75 Å². The number of amides is 1. The van der Waals surface area contributed by atoms with Crippen LogP contribution in [0.3, 0.4) is 0 Å². The molecule has 6 heteroatoms. The van der Waals surface area contributed by atoms with Crippen molar-refractivity contribution in [1.82, 2.24) is 5.32 Å². The third-order valence-electron chi connectivity index (χ3n) is 1.98. The molecular weight excluding hydrogens is 212 g/mol. The zero-order chi connectivity index (χ0) is 12.1. The van der Waals surface area contributed by atoms with Crippen molar-refractivity contribution in [2.75, 3.05) is 7.05 Å². The summed E-state index contributed by atoms with van der Waals surface area (Å²) in [7, 11) is 1.47. The van der Waals surface area contributed by atoms with Crippen LogP contribution in [0.4, 0.5) is 5.69 Å². The lowest BCUT2D eigenvalue weighted by Gasteiger charge is -2.12. The van der Waals surface area contributed by atoms with Gasteiger partial charge in [0.2, 0.25) is 0 Å². The fourth-order valence-electron chi connectivity index (χ4n) is 1.15. The molecule has 0 aromatic heterocycles. The van der Waals surface area contributed by atoms with Crippen LogP contribution >= 0.6 is 0 Å². The molecule has 1 amide bonds. The van der Waals surface area contributed by atoms with E-state index in [0.29, 0.717) is 0 Å². The molecule has 1 rings (SSSR count). The van der Waals surface area contributed by atoms with Crippen LogP contribution in [0.15, 0.2) is 24.3 Å². The second kappa shape index (κ2) is 5.11. The first kappa shape index (κ1) is 12.0. The minimum absolute atomic E-state index is 0.0867. The Morgan fingerprint density at radius 2 is 2.12 bits per heavy atom. The first-order valence-corrected chi connectivity index (χ1v) is 4.68. The number of nitrogens with zero attached hydrogens (tertiary/aromatic N) is 1. The number of carbonyl (C=O) groups is 1. The summed E-state index contributed by atoms with van der Waals surface area (Å²) in [4.78, 5) is 21.3. The van der Waals surface area contributed by atoms with Crippen molar-refractivity contribution in [2.45, 2.75) is 13.0 Å². The molecule has 1 aromatic carbocycles. The average molecular weight is 224 g/mol. The Labute approximate surface area is 92.4 Å². The molecule has 0 fully saturated rings. The Morgan fingerprint density at radius 3 is 2.69 bits per heavy atom. The molecule has 0 aliphatic carbocycles. The highest BCUT2D eigenvalue weighted by Gasteiger charge is 2.19. The minimum Gasteiger partial charge on any atom is -0.474 e. The highest BCUT2D eigenvalue weighted by Crippen LogP contribution is 2.26.